The van der Waals surface area contributed by atoms with Crippen LogP contribution in [0.15, 0.2) is 54.6 Å². The molecule has 1 atom stereocenters. The molecule has 0 fully saturated rings. The van der Waals surface area contributed by atoms with Crippen LogP contribution in [0.2, 0.25) is 0 Å². The van der Waals surface area contributed by atoms with Gasteiger partial charge in [-0.15, -0.1) is 11.3 Å². The predicted octanol–water partition coefficient (Wildman–Crippen LogP) is 3.50. The van der Waals surface area contributed by atoms with Gasteiger partial charge in [0.2, 0.25) is 0 Å². The molecule has 1 unspecified atom stereocenters. The van der Waals surface area contributed by atoms with Crippen molar-refractivity contribution in [3.05, 3.63) is 59.4 Å². The van der Waals surface area contributed by atoms with Crippen LogP contribution in [-0.4, -0.2) is 14.5 Å². The molecule has 3 heterocycles. The van der Waals surface area contributed by atoms with Crippen LogP contribution in [0.3, 0.4) is 0 Å². The third-order valence-electron chi connectivity index (χ3n) is 2.87. The summed E-state index contributed by atoms with van der Waals surface area (Å²) in [5.41, 5.74) is 1.02. The van der Waals surface area contributed by atoms with Crippen LogP contribution >= 0.6 is 11.3 Å². The first-order valence-corrected chi connectivity index (χ1v) is 6.95. The molecular weight excluding hydrogens is 256 g/mol. The van der Waals surface area contributed by atoms with E-state index in [1.165, 1.54) is 4.88 Å². The molecule has 0 saturated heterocycles. The van der Waals surface area contributed by atoms with E-state index in [0.717, 1.165) is 11.5 Å². The molecular formula is C14H14N4S. The number of thiophene rings is 1. The Hall–Kier alpha value is -2.14. The normalized spacial score (nSPS) is 12.3. The Labute approximate surface area is 115 Å². The van der Waals surface area contributed by atoms with Crippen molar-refractivity contribution in [2.24, 2.45) is 0 Å². The van der Waals surface area contributed by atoms with Gasteiger partial charge in [-0.1, -0.05) is 6.07 Å². The molecule has 0 spiro atoms. The number of rotatable bonds is 4. The van der Waals surface area contributed by atoms with E-state index in [0.29, 0.717) is 6.04 Å². The Kier molecular flexibility index (Phi) is 3.29. The van der Waals surface area contributed by atoms with Crippen molar-refractivity contribution in [3.8, 4) is 5.82 Å². The van der Waals surface area contributed by atoms with Crippen LogP contribution in [-0.2, 0) is 0 Å². The van der Waals surface area contributed by atoms with Gasteiger partial charge in [0.25, 0.3) is 0 Å². The van der Waals surface area contributed by atoms with Crippen LogP contribution in [0.5, 0.6) is 0 Å². The largest absolute Gasteiger partial charge is 0.376 e. The summed E-state index contributed by atoms with van der Waals surface area (Å²) in [5.74, 6) is 0.867. The van der Waals surface area contributed by atoms with Gasteiger partial charge in [-0.05, 0) is 30.5 Å². The number of pyridine rings is 1. The second-order valence-corrected chi connectivity index (χ2v) is 5.24. The maximum Gasteiger partial charge on any atom is 0.137 e. The number of hydrogen-bond acceptors (Lipinski definition) is 4. The van der Waals surface area contributed by atoms with Crippen LogP contribution in [0, 0.1) is 0 Å². The fourth-order valence-corrected chi connectivity index (χ4v) is 2.61. The minimum atomic E-state index is 0.292. The molecule has 1 N–H and O–H groups in total. The summed E-state index contributed by atoms with van der Waals surface area (Å²) < 4.78 is 1.88. The van der Waals surface area contributed by atoms with Crippen LogP contribution < -0.4 is 5.32 Å². The molecule has 0 amide bonds. The fraction of sp³-hybridized carbons (Fsp3) is 0.143. The Bertz CT molecular complexity index is 614. The van der Waals surface area contributed by atoms with Gasteiger partial charge < -0.3 is 5.32 Å². The quantitative estimate of drug-likeness (QED) is 0.789. The third-order valence-corrected chi connectivity index (χ3v) is 3.92. The highest BCUT2D eigenvalue weighted by atomic mass is 32.1. The average molecular weight is 270 g/mol. The predicted molar refractivity (Wildman–Crippen MR) is 77.7 cm³/mol. The van der Waals surface area contributed by atoms with Crippen molar-refractivity contribution in [1.29, 1.82) is 0 Å². The minimum Gasteiger partial charge on any atom is -0.376 e. The van der Waals surface area contributed by atoms with Crippen LogP contribution in [0.25, 0.3) is 5.82 Å². The van der Waals surface area contributed by atoms with Gasteiger partial charge in [0.1, 0.15) is 12.1 Å². The van der Waals surface area contributed by atoms with E-state index in [-0.39, 0.29) is 0 Å². The van der Waals surface area contributed by atoms with Crippen molar-refractivity contribution in [3.63, 3.8) is 0 Å². The second kappa shape index (κ2) is 5.24. The van der Waals surface area contributed by atoms with Gasteiger partial charge in [-0.3, -0.25) is 4.57 Å². The zero-order valence-corrected chi connectivity index (χ0v) is 11.3. The fourth-order valence-electron chi connectivity index (χ4n) is 1.88. The molecule has 4 nitrogen and oxygen atoms in total. The van der Waals surface area contributed by atoms with Crippen LogP contribution in [0.4, 0.5) is 5.69 Å². The highest BCUT2D eigenvalue weighted by molar-refractivity contribution is 7.10. The molecule has 96 valence electrons. The summed E-state index contributed by atoms with van der Waals surface area (Å²) in [7, 11) is 0. The number of nitrogens with zero attached hydrogens (tertiary/aromatic N) is 3. The summed E-state index contributed by atoms with van der Waals surface area (Å²) in [5, 5.41) is 5.53. The molecule has 3 aromatic heterocycles. The molecule has 0 aliphatic carbocycles. The zero-order valence-electron chi connectivity index (χ0n) is 10.5. The summed E-state index contributed by atoms with van der Waals surface area (Å²) >= 11 is 1.76. The number of aromatic nitrogens is 3. The van der Waals surface area contributed by atoms with E-state index in [1.807, 2.05) is 29.1 Å². The summed E-state index contributed by atoms with van der Waals surface area (Å²) in [6.07, 6.45) is 7.21. The highest BCUT2D eigenvalue weighted by Gasteiger charge is 2.06. The van der Waals surface area contributed by atoms with E-state index < -0.39 is 0 Å². The van der Waals surface area contributed by atoms with Gasteiger partial charge in [0, 0.05) is 17.3 Å². The highest BCUT2D eigenvalue weighted by Crippen LogP contribution is 2.22. The first kappa shape index (κ1) is 11.9. The van der Waals surface area contributed by atoms with Crippen molar-refractivity contribution >= 4 is 17.0 Å². The summed E-state index contributed by atoms with van der Waals surface area (Å²) in [6, 6.07) is 8.51. The van der Waals surface area contributed by atoms with E-state index in [2.05, 4.69) is 39.7 Å². The first-order chi connectivity index (χ1) is 9.33. The van der Waals surface area contributed by atoms with Gasteiger partial charge in [0.05, 0.1) is 17.9 Å². The second-order valence-electron chi connectivity index (χ2n) is 4.26. The van der Waals surface area contributed by atoms with Gasteiger partial charge in [-0.2, -0.15) is 0 Å². The van der Waals surface area contributed by atoms with Crippen LogP contribution in [0.1, 0.15) is 17.8 Å². The molecule has 0 aromatic carbocycles. The molecule has 5 heteroatoms. The number of anilines is 1. The van der Waals surface area contributed by atoms with Crippen molar-refractivity contribution in [2.45, 2.75) is 13.0 Å². The van der Waals surface area contributed by atoms with E-state index in [9.17, 15) is 0 Å². The monoisotopic (exact) mass is 270 g/mol. The van der Waals surface area contributed by atoms with E-state index in [1.54, 1.807) is 23.9 Å². The summed E-state index contributed by atoms with van der Waals surface area (Å²) in [4.78, 5) is 9.75. The molecule has 3 rings (SSSR count). The lowest BCUT2D eigenvalue weighted by molar-refractivity contribution is 0.903. The van der Waals surface area contributed by atoms with Gasteiger partial charge >= 0.3 is 0 Å². The summed E-state index contributed by atoms with van der Waals surface area (Å²) in [6.45, 7) is 2.15. The topological polar surface area (TPSA) is 42.7 Å². The molecule has 0 aliphatic heterocycles. The molecule has 0 aliphatic rings. The van der Waals surface area contributed by atoms with E-state index >= 15 is 0 Å². The van der Waals surface area contributed by atoms with Crippen molar-refractivity contribution in [1.82, 2.24) is 14.5 Å². The average Bonchev–Trinajstić information content (AvgIpc) is 3.13. The van der Waals surface area contributed by atoms with Gasteiger partial charge in [-0.25, -0.2) is 9.97 Å². The SMILES string of the molecule is CC(Nc1ccc(-n2ccnc2)nc1)c1cccs1. The Balaban J connectivity index is 1.73. The maximum atomic E-state index is 4.42. The molecule has 0 bridgehead atoms. The number of hydrogen-bond donors (Lipinski definition) is 1. The Morgan fingerprint density at radius 3 is 2.89 bits per heavy atom. The van der Waals surface area contributed by atoms with E-state index in [4.69, 9.17) is 0 Å². The number of nitrogens with one attached hydrogen (secondary N) is 1. The lowest BCUT2D eigenvalue weighted by Crippen LogP contribution is -2.05. The van der Waals surface area contributed by atoms with Gasteiger partial charge in [0.15, 0.2) is 0 Å². The molecule has 0 saturated carbocycles. The molecule has 0 radical (unpaired) electrons. The smallest absolute Gasteiger partial charge is 0.137 e. The minimum absolute atomic E-state index is 0.292. The van der Waals surface area contributed by atoms with Crippen molar-refractivity contribution in [2.75, 3.05) is 5.32 Å². The lowest BCUT2D eigenvalue weighted by Gasteiger charge is -2.13. The lowest BCUT2D eigenvalue weighted by atomic mass is 10.2. The standard InChI is InChI=1S/C14H14N4S/c1-11(13-3-2-8-19-13)17-12-4-5-14(16-9-12)18-7-6-15-10-18/h2-11,17H,1H3. The zero-order chi connectivity index (χ0) is 13.1. The molecule has 19 heavy (non-hydrogen) atoms. The number of imidazole rings is 1. The Morgan fingerprint density at radius 2 is 2.26 bits per heavy atom. The molecule has 3 aromatic rings. The maximum absolute atomic E-state index is 4.42. The third kappa shape index (κ3) is 2.66. The van der Waals surface area contributed by atoms with Crippen molar-refractivity contribution < 1.29 is 0 Å². The Morgan fingerprint density at radius 1 is 1.32 bits per heavy atom. The first-order valence-electron chi connectivity index (χ1n) is 6.07.